The van der Waals surface area contributed by atoms with Gasteiger partial charge in [-0.05, 0) is 70.4 Å². The van der Waals surface area contributed by atoms with Crippen molar-refractivity contribution in [2.75, 3.05) is 18.4 Å². The van der Waals surface area contributed by atoms with Crippen LogP contribution in [0, 0.1) is 6.92 Å². The van der Waals surface area contributed by atoms with E-state index in [9.17, 15) is 4.79 Å². The Morgan fingerprint density at radius 1 is 1.16 bits per heavy atom. The molecule has 8 heteroatoms. The maximum atomic E-state index is 12.3. The third-order valence-electron chi connectivity index (χ3n) is 5.19. The number of piperidine rings is 1. The summed E-state index contributed by atoms with van der Waals surface area (Å²) in [6.07, 6.45) is 5.23. The molecular formula is C24H29N5O2S. The molecule has 0 aliphatic carbocycles. The number of nitrogens with zero attached hydrogens (tertiary/aromatic N) is 4. The van der Waals surface area contributed by atoms with E-state index in [4.69, 9.17) is 9.72 Å². The number of nitrogens with one attached hydrogen (secondary N) is 1. The molecule has 32 heavy (non-hydrogen) atoms. The zero-order valence-corrected chi connectivity index (χ0v) is 19.8. The molecule has 0 bridgehead atoms. The van der Waals surface area contributed by atoms with Crippen LogP contribution in [0.1, 0.15) is 50.1 Å². The second-order valence-electron chi connectivity index (χ2n) is 9.06. The summed E-state index contributed by atoms with van der Waals surface area (Å²) in [5.41, 5.74) is 1.56. The number of amides is 1. The molecule has 4 heterocycles. The summed E-state index contributed by atoms with van der Waals surface area (Å²) in [6, 6.07) is 9.87. The van der Waals surface area contributed by atoms with Crippen molar-refractivity contribution in [2.24, 2.45) is 0 Å². The molecule has 1 aliphatic rings. The average Bonchev–Trinajstić information content (AvgIpc) is 3.23. The normalized spacial score (nSPS) is 14.9. The molecule has 0 unspecified atom stereocenters. The Balaban J connectivity index is 1.40. The van der Waals surface area contributed by atoms with Crippen LogP contribution < -0.4 is 5.32 Å². The van der Waals surface area contributed by atoms with Gasteiger partial charge in [-0.2, -0.15) is 0 Å². The summed E-state index contributed by atoms with van der Waals surface area (Å²) in [6.45, 7) is 9.10. The van der Waals surface area contributed by atoms with Crippen LogP contribution in [-0.4, -0.2) is 44.6 Å². The SMILES string of the molecule is Cc1ccnc(Nc2cccc(-c3cnc(C4CCN(C(=O)OC(C)(C)C)CC4)s3)n2)c1. The van der Waals surface area contributed by atoms with Crippen LogP contribution in [0.3, 0.4) is 0 Å². The minimum Gasteiger partial charge on any atom is -0.444 e. The number of thiazole rings is 1. The van der Waals surface area contributed by atoms with Crippen molar-refractivity contribution in [2.45, 2.75) is 52.1 Å². The summed E-state index contributed by atoms with van der Waals surface area (Å²) in [7, 11) is 0. The highest BCUT2D eigenvalue weighted by atomic mass is 32.1. The van der Waals surface area contributed by atoms with Gasteiger partial charge in [-0.25, -0.2) is 19.7 Å². The highest BCUT2D eigenvalue weighted by molar-refractivity contribution is 7.15. The van der Waals surface area contributed by atoms with Crippen molar-refractivity contribution in [1.29, 1.82) is 0 Å². The third-order valence-corrected chi connectivity index (χ3v) is 6.37. The quantitative estimate of drug-likeness (QED) is 0.543. The van der Waals surface area contributed by atoms with Gasteiger partial charge in [0.15, 0.2) is 0 Å². The van der Waals surface area contributed by atoms with E-state index in [0.29, 0.717) is 19.0 Å². The Hall–Kier alpha value is -3.00. The van der Waals surface area contributed by atoms with Gasteiger partial charge in [-0.1, -0.05) is 6.07 Å². The van der Waals surface area contributed by atoms with Gasteiger partial charge in [0.05, 0.1) is 15.6 Å². The number of hydrogen-bond donors (Lipinski definition) is 1. The molecule has 1 saturated heterocycles. The summed E-state index contributed by atoms with van der Waals surface area (Å²) >= 11 is 1.68. The van der Waals surface area contributed by atoms with Crippen molar-refractivity contribution in [1.82, 2.24) is 19.9 Å². The van der Waals surface area contributed by atoms with Gasteiger partial charge in [-0.15, -0.1) is 11.3 Å². The molecule has 0 saturated carbocycles. The molecule has 1 fully saturated rings. The van der Waals surface area contributed by atoms with E-state index in [2.05, 4.69) is 15.3 Å². The smallest absolute Gasteiger partial charge is 0.410 e. The van der Waals surface area contributed by atoms with Crippen LogP contribution in [0.15, 0.2) is 42.7 Å². The summed E-state index contributed by atoms with van der Waals surface area (Å²) < 4.78 is 5.50. The first-order valence-electron chi connectivity index (χ1n) is 10.9. The molecule has 1 N–H and O–H groups in total. The molecule has 0 aromatic carbocycles. The molecule has 7 nitrogen and oxygen atoms in total. The average molecular weight is 452 g/mol. The first kappa shape index (κ1) is 22.2. The number of pyridine rings is 2. The Morgan fingerprint density at radius 3 is 2.66 bits per heavy atom. The van der Waals surface area contributed by atoms with E-state index in [0.717, 1.165) is 45.6 Å². The lowest BCUT2D eigenvalue weighted by Crippen LogP contribution is -2.41. The van der Waals surface area contributed by atoms with E-state index in [1.54, 1.807) is 22.4 Å². The van der Waals surface area contributed by atoms with Crippen LogP contribution in [0.4, 0.5) is 16.4 Å². The van der Waals surface area contributed by atoms with Gasteiger partial charge in [0.25, 0.3) is 0 Å². The Morgan fingerprint density at radius 2 is 1.94 bits per heavy atom. The maximum Gasteiger partial charge on any atom is 0.410 e. The fourth-order valence-electron chi connectivity index (χ4n) is 3.61. The van der Waals surface area contributed by atoms with Crippen LogP contribution in [0.2, 0.25) is 0 Å². The Bertz CT molecular complexity index is 1080. The summed E-state index contributed by atoms with van der Waals surface area (Å²) in [4.78, 5) is 28.9. The van der Waals surface area contributed by atoms with E-state index >= 15 is 0 Å². The molecule has 3 aromatic heterocycles. The van der Waals surface area contributed by atoms with Gasteiger partial charge in [0.2, 0.25) is 0 Å². The number of aromatic nitrogens is 3. The molecular weight excluding hydrogens is 422 g/mol. The van der Waals surface area contributed by atoms with Crippen molar-refractivity contribution in [3.63, 3.8) is 0 Å². The van der Waals surface area contributed by atoms with Crippen molar-refractivity contribution < 1.29 is 9.53 Å². The maximum absolute atomic E-state index is 12.3. The second-order valence-corrected chi connectivity index (χ2v) is 10.1. The van der Waals surface area contributed by atoms with Gasteiger partial charge in [0.1, 0.15) is 17.2 Å². The van der Waals surface area contributed by atoms with E-state index in [-0.39, 0.29) is 6.09 Å². The number of anilines is 2. The fourth-order valence-corrected chi connectivity index (χ4v) is 4.66. The molecule has 0 atom stereocenters. The molecule has 1 amide bonds. The highest BCUT2D eigenvalue weighted by Crippen LogP contribution is 2.35. The number of likely N-dealkylation sites (tertiary alicyclic amines) is 1. The first-order chi connectivity index (χ1) is 15.3. The Kier molecular flexibility index (Phi) is 6.41. The minimum absolute atomic E-state index is 0.229. The summed E-state index contributed by atoms with van der Waals surface area (Å²) in [5.74, 6) is 1.88. The second kappa shape index (κ2) is 9.24. The van der Waals surface area contributed by atoms with Gasteiger partial charge < -0.3 is 15.0 Å². The highest BCUT2D eigenvalue weighted by Gasteiger charge is 2.28. The van der Waals surface area contributed by atoms with Gasteiger partial charge in [-0.3, -0.25) is 0 Å². The zero-order chi connectivity index (χ0) is 22.7. The van der Waals surface area contributed by atoms with Gasteiger partial charge in [0, 0.05) is 31.4 Å². The van der Waals surface area contributed by atoms with Crippen LogP contribution >= 0.6 is 11.3 Å². The number of rotatable bonds is 4. The molecule has 0 spiro atoms. The molecule has 3 aromatic rings. The number of carbonyl (C=O) groups excluding carboxylic acids is 1. The lowest BCUT2D eigenvalue weighted by atomic mass is 9.98. The lowest BCUT2D eigenvalue weighted by Gasteiger charge is -2.32. The van der Waals surface area contributed by atoms with Crippen molar-refractivity contribution in [3.8, 4) is 10.6 Å². The topological polar surface area (TPSA) is 80.2 Å². The number of carbonyl (C=O) groups is 1. The van der Waals surface area contributed by atoms with Crippen LogP contribution in [0.25, 0.3) is 10.6 Å². The summed E-state index contributed by atoms with van der Waals surface area (Å²) in [5, 5.41) is 4.37. The molecule has 4 rings (SSSR count). The number of ether oxygens (including phenoxy) is 1. The lowest BCUT2D eigenvalue weighted by molar-refractivity contribution is 0.0205. The fraction of sp³-hybridized carbons (Fsp3) is 0.417. The van der Waals surface area contributed by atoms with Crippen molar-refractivity contribution in [3.05, 3.63) is 53.3 Å². The van der Waals surface area contributed by atoms with E-state index in [1.807, 2.05) is 64.2 Å². The van der Waals surface area contributed by atoms with E-state index in [1.165, 1.54) is 0 Å². The standard InChI is InChI=1S/C24H29N5O2S/c1-16-8-11-25-21(14-16)28-20-7-5-6-18(27-20)19-15-26-22(32-19)17-9-12-29(13-10-17)23(30)31-24(2,3)4/h5-8,11,14-15,17H,9-10,12-13H2,1-4H3,(H,25,27,28). The predicted octanol–water partition coefficient (Wildman–Crippen LogP) is 5.77. The van der Waals surface area contributed by atoms with Crippen LogP contribution in [-0.2, 0) is 4.74 Å². The first-order valence-corrected chi connectivity index (χ1v) is 11.7. The number of hydrogen-bond acceptors (Lipinski definition) is 7. The minimum atomic E-state index is -0.468. The third kappa shape index (κ3) is 5.62. The monoisotopic (exact) mass is 451 g/mol. The predicted molar refractivity (Wildman–Crippen MR) is 127 cm³/mol. The van der Waals surface area contributed by atoms with Crippen LogP contribution in [0.5, 0.6) is 0 Å². The Labute approximate surface area is 192 Å². The largest absolute Gasteiger partial charge is 0.444 e. The molecule has 1 aliphatic heterocycles. The van der Waals surface area contributed by atoms with E-state index < -0.39 is 5.60 Å². The molecule has 168 valence electrons. The van der Waals surface area contributed by atoms with Crippen molar-refractivity contribution >= 4 is 29.1 Å². The zero-order valence-electron chi connectivity index (χ0n) is 19.0. The number of aryl methyl sites for hydroxylation is 1. The molecule has 0 radical (unpaired) electrons. The van der Waals surface area contributed by atoms with Gasteiger partial charge >= 0.3 is 6.09 Å².